The molecule has 8 nitrogen and oxygen atoms in total. The van der Waals surface area contributed by atoms with Gasteiger partial charge in [0.05, 0.1) is 11.5 Å². The first-order chi connectivity index (χ1) is 9.99. The van der Waals surface area contributed by atoms with Gasteiger partial charge in [-0.2, -0.15) is 0 Å². The molecular formula is C13H16N2O6. The Kier molecular flexibility index (Phi) is 4.71. The summed E-state index contributed by atoms with van der Waals surface area (Å²) in [5, 5.41) is 20.1. The monoisotopic (exact) mass is 296 g/mol. The SMILES string of the molecule is CN1CCOC(COc2c(C(=O)O)cccc2[N+](=O)[O-])C1. The molecule has 1 fully saturated rings. The summed E-state index contributed by atoms with van der Waals surface area (Å²) >= 11 is 0. The number of ether oxygens (including phenoxy) is 2. The van der Waals surface area contributed by atoms with Gasteiger partial charge < -0.3 is 19.5 Å². The summed E-state index contributed by atoms with van der Waals surface area (Å²) in [6, 6.07) is 3.81. The van der Waals surface area contributed by atoms with E-state index in [4.69, 9.17) is 14.6 Å². The van der Waals surface area contributed by atoms with E-state index in [0.29, 0.717) is 13.2 Å². The quantitative estimate of drug-likeness (QED) is 0.638. The molecule has 1 aromatic rings. The average molecular weight is 296 g/mol. The van der Waals surface area contributed by atoms with Gasteiger partial charge in [-0.3, -0.25) is 10.1 Å². The minimum atomic E-state index is -1.27. The van der Waals surface area contributed by atoms with Crippen molar-refractivity contribution in [3.05, 3.63) is 33.9 Å². The van der Waals surface area contributed by atoms with Crippen LogP contribution in [0.4, 0.5) is 5.69 Å². The summed E-state index contributed by atoms with van der Waals surface area (Å²) in [4.78, 5) is 23.5. The molecule has 0 radical (unpaired) electrons. The summed E-state index contributed by atoms with van der Waals surface area (Å²) < 4.78 is 10.9. The molecule has 0 bridgehead atoms. The fraction of sp³-hybridized carbons (Fsp3) is 0.462. The Morgan fingerprint density at radius 3 is 3.00 bits per heavy atom. The van der Waals surface area contributed by atoms with E-state index in [9.17, 15) is 14.9 Å². The number of nitro groups is 1. The van der Waals surface area contributed by atoms with Crippen molar-refractivity contribution >= 4 is 11.7 Å². The molecule has 1 aliphatic heterocycles. The van der Waals surface area contributed by atoms with E-state index < -0.39 is 10.9 Å². The fourth-order valence-corrected chi connectivity index (χ4v) is 2.13. The molecule has 0 spiro atoms. The molecule has 8 heteroatoms. The van der Waals surface area contributed by atoms with Gasteiger partial charge in [0.25, 0.3) is 0 Å². The minimum absolute atomic E-state index is 0.0650. The zero-order valence-electron chi connectivity index (χ0n) is 11.5. The van der Waals surface area contributed by atoms with Crippen molar-refractivity contribution in [2.45, 2.75) is 6.10 Å². The molecule has 1 unspecified atom stereocenters. The van der Waals surface area contributed by atoms with Crippen molar-refractivity contribution < 1.29 is 24.3 Å². The largest absolute Gasteiger partial charge is 0.483 e. The maximum Gasteiger partial charge on any atom is 0.339 e. The number of morpholine rings is 1. The summed E-state index contributed by atoms with van der Waals surface area (Å²) in [6.45, 7) is 2.05. The lowest BCUT2D eigenvalue weighted by molar-refractivity contribution is -0.386. The van der Waals surface area contributed by atoms with Crippen LogP contribution < -0.4 is 4.74 Å². The molecule has 0 aromatic heterocycles. The first-order valence-electron chi connectivity index (χ1n) is 6.42. The molecule has 1 aliphatic rings. The van der Waals surface area contributed by atoms with E-state index in [2.05, 4.69) is 4.90 Å². The molecule has 1 atom stereocenters. The number of hydrogen-bond acceptors (Lipinski definition) is 6. The van der Waals surface area contributed by atoms with Gasteiger partial charge in [0.15, 0.2) is 0 Å². The zero-order chi connectivity index (χ0) is 15.4. The zero-order valence-corrected chi connectivity index (χ0v) is 11.5. The number of para-hydroxylation sites is 1. The smallest absolute Gasteiger partial charge is 0.339 e. The van der Waals surface area contributed by atoms with Crippen molar-refractivity contribution in [3.63, 3.8) is 0 Å². The van der Waals surface area contributed by atoms with Gasteiger partial charge in [0, 0.05) is 19.2 Å². The summed E-state index contributed by atoms with van der Waals surface area (Å²) in [5.74, 6) is -1.50. The van der Waals surface area contributed by atoms with Crippen molar-refractivity contribution in [2.75, 3.05) is 33.4 Å². The van der Waals surface area contributed by atoms with Crippen LogP contribution in [0.1, 0.15) is 10.4 Å². The van der Waals surface area contributed by atoms with Crippen LogP contribution in [0.25, 0.3) is 0 Å². The van der Waals surface area contributed by atoms with Gasteiger partial charge in [0.2, 0.25) is 5.75 Å². The summed E-state index contributed by atoms with van der Waals surface area (Å²) in [7, 11) is 1.93. The highest BCUT2D eigenvalue weighted by atomic mass is 16.6. The van der Waals surface area contributed by atoms with Crippen LogP contribution in [-0.4, -0.2) is 60.4 Å². The second-order valence-electron chi connectivity index (χ2n) is 4.78. The van der Waals surface area contributed by atoms with Crippen LogP contribution in [0.5, 0.6) is 5.75 Å². The lowest BCUT2D eigenvalue weighted by Crippen LogP contribution is -2.42. The standard InChI is InChI=1S/C13H16N2O6/c1-14-5-6-20-9(7-14)8-21-12-10(13(16)17)3-2-4-11(12)15(18)19/h2-4,9H,5-8H2,1H3,(H,16,17). The van der Waals surface area contributed by atoms with Crippen LogP contribution in [0.3, 0.4) is 0 Å². The highest BCUT2D eigenvalue weighted by Gasteiger charge is 2.25. The number of rotatable bonds is 5. The number of nitrogens with zero attached hydrogens (tertiary/aromatic N) is 2. The van der Waals surface area contributed by atoms with E-state index >= 15 is 0 Å². The molecule has 0 amide bonds. The van der Waals surface area contributed by atoms with Crippen LogP contribution in [0, 0.1) is 10.1 Å². The molecule has 21 heavy (non-hydrogen) atoms. The van der Waals surface area contributed by atoms with Crippen LogP contribution >= 0.6 is 0 Å². The predicted octanol–water partition coefficient (Wildman–Crippen LogP) is 1.00. The van der Waals surface area contributed by atoms with Gasteiger partial charge >= 0.3 is 11.7 Å². The molecular weight excluding hydrogens is 280 g/mol. The second-order valence-corrected chi connectivity index (χ2v) is 4.78. The Balaban J connectivity index is 2.17. The highest BCUT2D eigenvalue weighted by molar-refractivity contribution is 5.92. The average Bonchev–Trinajstić information content (AvgIpc) is 2.44. The second kappa shape index (κ2) is 6.51. The Morgan fingerprint density at radius 1 is 1.62 bits per heavy atom. The lowest BCUT2D eigenvalue weighted by Gasteiger charge is -2.29. The Morgan fingerprint density at radius 2 is 2.38 bits per heavy atom. The number of hydrogen-bond donors (Lipinski definition) is 1. The number of carboxylic acids is 1. The Bertz CT molecular complexity index is 515. The predicted molar refractivity (Wildman–Crippen MR) is 72.8 cm³/mol. The normalized spacial score (nSPS) is 19.2. The maximum absolute atomic E-state index is 11.2. The van der Waals surface area contributed by atoms with Crippen LogP contribution in [-0.2, 0) is 4.74 Å². The van der Waals surface area contributed by atoms with E-state index in [0.717, 1.165) is 6.54 Å². The van der Waals surface area contributed by atoms with E-state index in [1.165, 1.54) is 18.2 Å². The molecule has 114 valence electrons. The summed E-state index contributed by atoms with van der Waals surface area (Å²) in [6.07, 6.45) is -0.245. The molecule has 1 saturated heterocycles. The van der Waals surface area contributed by atoms with E-state index in [-0.39, 0.29) is 29.7 Å². The van der Waals surface area contributed by atoms with E-state index in [1.807, 2.05) is 7.05 Å². The topological polar surface area (TPSA) is 102 Å². The molecule has 0 saturated carbocycles. The van der Waals surface area contributed by atoms with Crippen molar-refractivity contribution in [2.24, 2.45) is 0 Å². The number of carboxylic acid groups (broad SMARTS) is 1. The van der Waals surface area contributed by atoms with Gasteiger partial charge in [-0.05, 0) is 13.1 Å². The van der Waals surface area contributed by atoms with Crippen molar-refractivity contribution in [1.82, 2.24) is 4.90 Å². The number of aromatic carboxylic acids is 1. The maximum atomic E-state index is 11.2. The third-order valence-corrected chi connectivity index (χ3v) is 3.18. The van der Waals surface area contributed by atoms with Gasteiger partial charge in [-0.25, -0.2) is 4.79 Å². The molecule has 2 rings (SSSR count). The third kappa shape index (κ3) is 3.67. The molecule has 1 heterocycles. The number of carbonyl (C=O) groups is 1. The van der Waals surface area contributed by atoms with Gasteiger partial charge in [-0.15, -0.1) is 0 Å². The van der Waals surface area contributed by atoms with Gasteiger partial charge in [0.1, 0.15) is 18.3 Å². The van der Waals surface area contributed by atoms with Crippen molar-refractivity contribution in [1.29, 1.82) is 0 Å². The lowest BCUT2D eigenvalue weighted by atomic mass is 10.1. The van der Waals surface area contributed by atoms with Crippen LogP contribution in [0.15, 0.2) is 18.2 Å². The Labute approximate surface area is 121 Å². The molecule has 0 aliphatic carbocycles. The molecule has 1 aromatic carbocycles. The van der Waals surface area contributed by atoms with Crippen molar-refractivity contribution in [3.8, 4) is 5.75 Å². The first-order valence-corrected chi connectivity index (χ1v) is 6.42. The first kappa shape index (κ1) is 15.2. The minimum Gasteiger partial charge on any atom is -0.483 e. The number of benzene rings is 1. The fourth-order valence-electron chi connectivity index (χ4n) is 2.13. The Hall–Kier alpha value is -2.19. The van der Waals surface area contributed by atoms with Crippen LogP contribution in [0.2, 0.25) is 0 Å². The van der Waals surface area contributed by atoms with Gasteiger partial charge in [-0.1, -0.05) is 6.07 Å². The highest BCUT2D eigenvalue weighted by Crippen LogP contribution is 2.31. The number of nitro benzene ring substituents is 1. The third-order valence-electron chi connectivity index (χ3n) is 3.18. The summed E-state index contributed by atoms with van der Waals surface area (Å²) in [5.41, 5.74) is -0.590. The van der Waals surface area contributed by atoms with E-state index in [1.54, 1.807) is 0 Å². The molecule has 1 N–H and O–H groups in total. The number of likely N-dealkylation sites (N-methyl/N-ethyl adjacent to an activating group) is 1.